The monoisotopic (exact) mass is 371 g/mol. The number of rotatable bonds is 3. The molecule has 2 aliphatic heterocycles. The molecule has 2 aliphatic rings. The third kappa shape index (κ3) is 2.15. The molecule has 1 amide bonds. The summed E-state index contributed by atoms with van der Waals surface area (Å²) in [6.07, 6.45) is -1.05. The predicted molar refractivity (Wildman–Crippen MR) is 91.8 cm³/mol. The largest absolute Gasteiger partial charge is 0.464 e. The maximum atomic E-state index is 13.0. The topological polar surface area (TPSA) is 81.7 Å². The number of carbonyl (C=O) groups is 3. The van der Waals surface area contributed by atoms with Crippen molar-refractivity contribution in [3.63, 3.8) is 0 Å². The zero-order valence-corrected chi connectivity index (χ0v) is 14.5. The van der Waals surface area contributed by atoms with Crippen LogP contribution in [0.2, 0.25) is 5.02 Å². The van der Waals surface area contributed by atoms with Crippen molar-refractivity contribution in [1.82, 2.24) is 5.32 Å². The summed E-state index contributed by atoms with van der Waals surface area (Å²) in [5.74, 6) is -1.71. The van der Waals surface area contributed by atoms with Crippen molar-refractivity contribution in [2.24, 2.45) is 0 Å². The van der Waals surface area contributed by atoms with Gasteiger partial charge in [-0.2, -0.15) is 0 Å². The van der Waals surface area contributed by atoms with Crippen LogP contribution < -0.4 is 5.32 Å². The van der Waals surface area contributed by atoms with Gasteiger partial charge in [-0.25, -0.2) is 9.59 Å². The lowest BCUT2D eigenvalue weighted by Gasteiger charge is -2.32. The van der Waals surface area contributed by atoms with E-state index >= 15 is 0 Å². The van der Waals surface area contributed by atoms with Crippen LogP contribution in [0.3, 0.4) is 0 Å². The number of benzene rings is 2. The zero-order chi connectivity index (χ0) is 18.5. The summed E-state index contributed by atoms with van der Waals surface area (Å²) in [5, 5.41) is 3.09. The maximum Gasteiger partial charge on any atom is 0.340 e. The molecule has 0 saturated carbocycles. The van der Waals surface area contributed by atoms with Crippen LogP contribution in [-0.4, -0.2) is 24.5 Å². The third-order valence-electron chi connectivity index (χ3n) is 4.64. The van der Waals surface area contributed by atoms with Crippen LogP contribution >= 0.6 is 11.6 Å². The SMILES string of the molecule is CCOC(=O)[C@@]1([C@@H]2OC(=O)c3cc(Cl)ccc32)NC(=O)c2ccccc21. The average Bonchev–Trinajstić information content (AvgIpc) is 3.11. The Hall–Kier alpha value is -2.86. The van der Waals surface area contributed by atoms with E-state index in [1.807, 2.05) is 0 Å². The molecule has 0 unspecified atom stereocenters. The number of hydrogen-bond donors (Lipinski definition) is 1. The van der Waals surface area contributed by atoms with E-state index < -0.39 is 29.5 Å². The second-order valence-electron chi connectivity index (χ2n) is 6.05. The highest BCUT2D eigenvalue weighted by atomic mass is 35.5. The summed E-state index contributed by atoms with van der Waals surface area (Å²) >= 11 is 5.98. The van der Waals surface area contributed by atoms with Gasteiger partial charge >= 0.3 is 11.9 Å². The Labute approximate surface area is 154 Å². The van der Waals surface area contributed by atoms with Gasteiger partial charge in [-0.3, -0.25) is 4.79 Å². The van der Waals surface area contributed by atoms with Crippen LogP contribution in [0.5, 0.6) is 0 Å². The summed E-state index contributed by atoms with van der Waals surface area (Å²) in [6.45, 7) is 1.79. The second kappa shape index (κ2) is 5.85. The van der Waals surface area contributed by atoms with Gasteiger partial charge in [-0.05, 0) is 25.1 Å². The van der Waals surface area contributed by atoms with Gasteiger partial charge in [-0.1, -0.05) is 35.9 Å². The van der Waals surface area contributed by atoms with Gasteiger partial charge < -0.3 is 14.8 Å². The Bertz CT molecular complexity index is 957. The van der Waals surface area contributed by atoms with E-state index in [1.165, 1.54) is 6.07 Å². The second-order valence-corrected chi connectivity index (χ2v) is 6.48. The molecule has 0 aliphatic carbocycles. The van der Waals surface area contributed by atoms with E-state index in [0.717, 1.165) is 0 Å². The molecule has 0 radical (unpaired) electrons. The molecule has 2 atom stereocenters. The number of nitrogens with one attached hydrogen (secondary N) is 1. The molecule has 2 aromatic rings. The highest BCUT2D eigenvalue weighted by Crippen LogP contribution is 2.48. The Kier molecular flexibility index (Phi) is 3.73. The first-order chi connectivity index (χ1) is 12.5. The molecule has 7 heteroatoms. The lowest BCUT2D eigenvalue weighted by Crippen LogP contribution is -2.52. The number of halogens is 1. The minimum atomic E-state index is -1.64. The molecule has 2 heterocycles. The first kappa shape index (κ1) is 16.6. The van der Waals surface area contributed by atoms with Crippen molar-refractivity contribution in [2.45, 2.75) is 18.6 Å². The van der Waals surface area contributed by atoms with E-state index in [9.17, 15) is 14.4 Å². The Morgan fingerprint density at radius 3 is 2.77 bits per heavy atom. The molecule has 0 aromatic heterocycles. The highest BCUT2D eigenvalue weighted by molar-refractivity contribution is 6.31. The van der Waals surface area contributed by atoms with Crippen LogP contribution in [0.15, 0.2) is 42.5 Å². The van der Waals surface area contributed by atoms with Gasteiger partial charge in [0.1, 0.15) is 0 Å². The van der Waals surface area contributed by atoms with Crippen LogP contribution in [0.1, 0.15) is 44.9 Å². The molecule has 0 spiro atoms. The van der Waals surface area contributed by atoms with Crippen LogP contribution in [0, 0.1) is 0 Å². The molecule has 4 rings (SSSR count). The molecule has 0 bridgehead atoms. The number of ether oxygens (including phenoxy) is 2. The Balaban J connectivity index is 1.95. The van der Waals surface area contributed by atoms with Crippen LogP contribution in [0.25, 0.3) is 0 Å². The number of amides is 1. The zero-order valence-electron chi connectivity index (χ0n) is 13.7. The number of cyclic esters (lactones) is 1. The highest BCUT2D eigenvalue weighted by Gasteiger charge is 2.60. The van der Waals surface area contributed by atoms with Crippen LogP contribution in [-0.2, 0) is 19.8 Å². The van der Waals surface area contributed by atoms with Crippen LogP contribution in [0.4, 0.5) is 0 Å². The number of carbonyl (C=O) groups excluding carboxylic acids is 3. The third-order valence-corrected chi connectivity index (χ3v) is 4.88. The minimum Gasteiger partial charge on any atom is -0.464 e. The smallest absolute Gasteiger partial charge is 0.340 e. The van der Waals surface area contributed by atoms with Crippen molar-refractivity contribution in [1.29, 1.82) is 0 Å². The van der Waals surface area contributed by atoms with Gasteiger partial charge in [0.25, 0.3) is 5.91 Å². The molecule has 2 aromatic carbocycles. The van der Waals surface area contributed by atoms with Gasteiger partial charge in [0, 0.05) is 21.7 Å². The van der Waals surface area contributed by atoms with Gasteiger partial charge in [0.15, 0.2) is 6.10 Å². The maximum absolute atomic E-state index is 13.0. The van der Waals surface area contributed by atoms with Crippen molar-refractivity contribution >= 4 is 29.4 Å². The Morgan fingerprint density at radius 2 is 2.00 bits per heavy atom. The van der Waals surface area contributed by atoms with E-state index in [0.29, 0.717) is 21.7 Å². The van der Waals surface area contributed by atoms with E-state index in [4.69, 9.17) is 21.1 Å². The lowest BCUT2D eigenvalue weighted by molar-refractivity contribution is -0.156. The number of fused-ring (bicyclic) bond motifs is 2. The minimum absolute atomic E-state index is 0.118. The Morgan fingerprint density at radius 1 is 1.23 bits per heavy atom. The first-order valence-electron chi connectivity index (χ1n) is 8.08. The molecule has 6 nitrogen and oxygen atoms in total. The molecule has 0 fully saturated rings. The molecular weight excluding hydrogens is 358 g/mol. The lowest BCUT2D eigenvalue weighted by atomic mass is 9.81. The predicted octanol–water partition coefficient (Wildman–Crippen LogP) is 2.75. The van der Waals surface area contributed by atoms with E-state index in [1.54, 1.807) is 43.3 Å². The summed E-state index contributed by atoms with van der Waals surface area (Å²) in [7, 11) is 0. The standard InChI is InChI=1S/C19H14ClNO5/c1-2-25-18(24)19(14-6-4-3-5-12(14)16(22)21-19)15-11-8-7-10(20)9-13(11)17(23)26-15/h3-9,15H,2H2,1H3,(H,21,22)/t15-,19-/m1/s1. The summed E-state index contributed by atoms with van der Waals surface area (Å²) in [5.41, 5.74) is -0.129. The fourth-order valence-electron chi connectivity index (χ4n) is 3.55. The fourth-order valence-corrected chi connectivity index (χ4v) is 3.72. The summed E-state index contributed by atoms with van der Waals surface area (Å²) in [4.78, 5) is 37.9. The number of hydrogen-bond acceptors (Lipinski definition) is 5. The first-order valence-corrected chi connectivity index (χ1v) is 8.46. The molecule has 0 saturated heterocycles. The molecule has 1 N–H and O–H groups in total. The number of esters is 2. The molecule has 26 heavy (non-hydrogen) atoms. The molecular formula is C19H14ClNO5. The van der Waals surface area contributed by atoms with E-state index in [-0.39, 0.29) is 12.2 Å². The quantitative estimate of drug-likeness (QED) is 0.839. The van der Waals surface area contributed by atoms with Crippen molar-refractivity contribution in [3.05, 3.63) is 69.7 Å². The van der Waals surface area contributed by atoms with Crippen molar-refractivity contribution < 1.29 is 23.9 Å². The summed E-state index contributed by atoms with van der Waals surface area (Å²) in [6, 6.07) is 11.4. The average molecular weight is 372 g/mol. The fraction of sp³-hybridized carbons (Fsp3) is 0.211. The van der Waals surface area contributed by atoms with Crippen molar-refractivity contribution in [2.75, 3.05) is 6.61 Å². The van der Waals surface area contributed by atoms with Gasteiger partial charge in [0.05, 0.1) is 12.2 Å². The molecule has 132 valence electrons. The van der Waals surface area contributed by atoms with E-state index in [2.05, 4.69) is 5.32 Å². The summed E-state index contributed by atoms with van der Waals surface area (Å²) < 4.78 is 10.8. The van der Waals surface area contributed by atoms with Crippen molar-refractivity contribution in [3.8, 4) is 0 Å². The van der Waals surface area contributed by atoms with Gasteiger partial charge in [0.2, 0.25) is 5.54 Å². The normalized spacial score (nSPS) is 23.1. The van der Waals surface area contributed by atoms with Gasteiger partial charge in [-0.15, -0.1) is 0 Å².